The van der Waals surface area contributed by atoms with E-state index in [9.17, 15) is 0 Å². The zero-order valence-corrected chi connectivity index (χ0v) is 10.1. The zero-order valence-electron chi connectivity index (χ0n) is 9.29. The first kappa shape index (κ1) is 10.2. The van der Waals surface area contributed by atoms with Gasteiger partial charge in [0.05, 0.1) is 27.1 Å². The third kappa shape index (κ3) is 1.57. The van der Waals surface area contributed by atoms with E-state index in [0.717, 1.165) is 28.0 Å². The summed E-state index contributed by atoms with van der Waals surface area (Å²) >= 11 is 1.61. The molecule has 0 radical (unpaired) electrons. The molecule has 0 atom stereocenters. The number of nitrogens with two attached hydrogens (primary N) is 1. The average Bonchev–Trinajstić information content (AvgIpc) is 2.93. The number of hydrogen-bond donors (Lipinski definition) is 1. The van der Waals surface area contributed by atoms with Gasteiger partial charge < -0.3 is 5.73 Å². The summed E-state index contributed by atoms with van der Waals surface area (Å²) in [4.78, 5) is 4.25. The molecule has 3 aromatic rings. The summed E-state index contributed by atoms with van der Waals surface area (Å²) in [6.07, 6.45) is 0.805. The Morgan fingerprint density at radius 3 is 3.12 bits per heavy atom. The highest BCUT2D eigenvalue weighted by molar-refractivity contribution is 7.16. The molecule has 1 aromatic carbocycles. The second-order valence-corrected chi connectivity index (χ2v) is 4.58. The molecule has 0 saturated carbocycles. The Labute approximate surface area is 102 Å². The summed E-state index contributed by atoms with van der Waals surface area (Å²) in [5.41, 5.74) is 10.5. The first-order valence-electron chi connectivity index (χ1n) is 5.33. The molecule has 0 unspecified atom stereocenters. The van der Waals surface area contributed by atoms with Crippen LogP contribution in [0.5, 0.6) is 0 Å². The predicted octanol–water partition coefficient (Wildman–Crippen LogP) is 2.02. The van der Waals surface area contributed by atoms with Gasteiger partial charge in [0.25, 0.3) is 0 Å². The van der Waals surface area contributed by atoms with E-state index in [2.05, 4.69) is 21.4 Å². The molecule has 0 aliphatic heterocycles. The van der Waals surface area contributed by atoms with Crippen LogP contribution in [-0.2, 0) is 6.42 Å². The van der Waals surface area contributed by atoms with Crippen molar-refractivity contribution in [3.05, 3.63) is 29.4 Å². The lowest BCUT2D eigenvalue weighted by Crippen LogP contribution is -2.02. The van der Waals surface area contributed by atoms with Gasteiger partial charge in [0.2, 0.25) is 0 Å². The lowest BCUT2D eigenvalue weighted by Gasteiger charge is -2.04. The van der Waals surface area contributed by atoms with Crippen LogP contribution in [0.3, 0.4) is 0 Å². The van der Waals surface area contributed by atoms with Crippen LogP contribution < -0.4 is 5.73 Å². The molecular formula is C11H11N5S. The van der Waals surface area contributed by atoms with Gasteiger partial charge in [-0.2, -0.15) is 0 Å². The molecule has 0 bridgehead atoms. The quantitative estimate of drug-likeness (QED) is 0.750. The molecule has 0 fully saturated rings. The first-order chi connectivity index (χ1) is 8.29. The fourth-order valence-corrected chi connectivity index (χ4v) is 2.54. The van der Waals surface area contributed by atoms with E-state index in [1.165, 1.54) is 0 Å². The minimum absolute atomic E-state index is 0.497. The molecule has 86 valence electrons. The molecule has 2 N–H and O–H groups in total. The summed E-state index contributed by atoms with van der Waals surface area (Å²) in [7, 11) is 0. The van der Waals surface area contributed by atoms with Gasteiger partial charge in [0.1, 0.15) is 0 Å². The van der Waals surface area contributed by atoms with Crippen LogP contribution >= 0.6 is 11.3 Å². The first-order valence-corrected chi connectivity index (χ1v) is 6.21. The van der Waals surface area contributed by atoms with Crippen molar-refractivity contribution in [1.29, 1.82) is 0 Å². The third-order valence-electron chi connectivity index (χ3n) is 2.69. The van der Waals surface area contributed by atoms with Crippen molar-refractivity contribution in [2.24, 2.45) is 0 Å². The summed E-state index contributed by atoms with van der Waals surface area (Å²) in [6, 6.07) is 6.02. The van der Waals surface area contributed by atoms with Gasteiger partial charge in [0, 0.05) is 0 Å². The Morgan fingerprint density at radius 2 is 2.29 bits per heavy atom. The van der Waals surface area contributed by atoms with Crippen molar-refractivity contribution in [1.82, 2.24) is 20.0 Å². The highest BCUT2D eigenvalue weighted by Crippen LogP contribution is 2.22. The van der Waals surface area contributed by atoms with E-state index >= 15 is 0 Å². The van der Waals surface area contributed by atoms with Gasteiger partial charge in [0.15, 0.2) is 5.82 Å². The number of aromatic nitrogens is 4. The largest absolute Gasteiger partial charge is 0.381 e. The number of thiazole rings is 1. The second-order valence-electron chi connectivity index (χ2n) is 3.69. The molecule has 0 aliphatic rings. The maximum atomic E-state index is 5.78. The topological polar surface area (TPSA) is 69.6 Å². The van der Waals surface area contributed by atoms with Gasteiger partial charge in [-0.25, -0.2) is 9.67 Å². The van der Waals surface area contributed by atoms with E-state index in [4.69, 9.17) is 5.73 Å². The highest BCUT2D eigenvalue weighted by atomic mass is 32.1. The molecule has 0 aliphatic carbocycles. The van der Waals surface area contributed by atoms with Crippen molar-refractivity contribution >= 4 is 27.4 Å². The lowest BCUT2D eigenvalue weighted by molar-refractivity contribution is 0.768. The molecule has 5 nitrogen and oxygen atoms in total. The molecule has 3 rings (SSSR count). The normalized spacial score (nSPS) is 11.1. The summed E-state index contributed by atoms with van der Waals surface area (Å²) in [5, 5.41) is 7.98. The van der Waals surface area contributed by atoms with Gasteiger partial charge >= 0.3 is 0 Å². The van der Waals surface area contributed by atoms with Crippen molar-refractivity contribution < 1.29 is 0 Å². The van der Waals surface area contributed by atoms with Crippen LogP contribution in [0, 0.1) is 0 Å². The molecule has 17 heavy (non-hydrogen) atoms. The minimum atomic E-state index is 0.497. The van der Waals surface area contributed by atoms with Gasteiger partial charge in [-0.15, -0.1) is 16.4 Å². The Balaban J connectivity index is 2.19. The van der Waals surface area contributed by atoms with Crippen LogP contribution in [0.25, 0.3) is 15.9 Å². The predicted molar refractivity (Wildman–Crippen MR) is 68.3 cm³/mol. The number of anilines is 1. The Kier molecular flexibility index (Phi) is 2.29. The number of nitrogen functional groups attached to an aromatic ring is 1. The van der Waals surface area contributed by atoms with Crippen molar-refractivity contribution in [3.8, 4) is 5.69 Å². The molecule has 0 saturated heterocycles. The number of hydrogen-bond acceptors (Lipinski definition) is 5. The van der Waals surface area contributed by atoms with Crippen LogP contribution in [0.1, 0.15) is 12.6 Å². The maximum Gasteiger partial charge on any atom is 0.169 e. The third-order valence-corrected chi connectivity index (χ3v) is 3.48. The molecule has 0 spiro atoms. The number of nitrogens with zero attached hydrogens (tertiary/aromatic N) is 4. The van der Waals surface area contributed by atoms with Crippen molar-refractivity contribution in [3.63, 3.8) is 0 Å². The van der Waals surface area contributed by atoms with E-state index in [-0.39, 0.29) is 0 Å². The van der Waals surface area contributed by atoms with E-state index < -0.39 is 0 Å². The minimum Gasteiger partial charge on any atom is -0.381 e. The van der Waals surface area contributed by atoms with Crippen LogP contribution in [0.2, 0.25) is 0 Å². The Hall–Kier alpha value is -1.95. The summed E-state index contributed by atoms with van der Waals surface area (Å²) < 4.78 is 2.92. The zero-order chi connectivity index (χ0) is 11.8. The van der Waals surface area contributed by atoms with Gasteiger partial charge in [-0.05, 0) is 24.6 Å². The second kappa shape index (κ2) is 3.81. The van der Waals surface area contributed by atoms with E-state index in [1.807, 2.05) is 24.6 Å². The standard InChI is InChI=1S/C11H11N5S/c1-2-9-11(12)14-15-16(9)7-3-4-8-10(5-7)17-6-13-8/h3-6H,2,12H2,1H3. The number of fused-ring (bicyclic) bond motifs is 1. The molecular weight excluding hydrogens is 234 g/mol. The van der Waals surface area contributed by atoms with Gasteiger partial charge in [-0.1, -0.05) is 12.1 Å². The monoisotopic (exact) mass is 245 g/mol. The fraction of sp³-hybridized carbons (Fsp3) is 0.182. The van der Waals surface area contributed by atoms with Crippen molar-refractivity contribution in [2.45, 2.75) is 13.3 Å². The van der Waals surface area contributed by atoms with E-state index in [1.54, 1.807) is 16.0 Å². The van der Waals surface area contributed by atoms with Crippen LogP contribution in [0.4, 0.5) is 5.82 Å². The van der Waals surface area contributed by atoms with Crippen LogP contribution in [0.15, 0.2) is 23.7 Å². The average molecular weight is 245 g/mol. The van der Waals surface area contributed by atoms with Crippen LogP contribution in [-0.4, -0.2) is 20.0 Å². The fourth-order valence-electron chi connectivity index (χ4n) is 1.83. The molecule has 0 amide bonds. The summed E-state index contributed by atoms with van der Waals surface area (Å²) in [6.45, 7) is 2.04. The van der Waals surface area contributed by atoms with E-state index in [0.29, 0.717) is 5.82 Å². The smallest absolute Gasteiger partial charge is 0.169 e. The highest BCUT2D eigenvalue weighted by Gasteiger charge is 2.10. The Morgan fingerprint density at radius 1 is 1.41 bits per heavy atom. The summed E-state index contributed by atoms with van der Waals surface area (Å²) in [5.74, 6) is 0.497. The van der Waals surface area contributed by atoms with Gasteiger partial charge in [-0.3, -0.25) is 0 Å². The van der Waals surface area contributed by atoms with Crippen molar-refractivity contribution in [2.75, 3.05) is 5.73 Å². The lowest BCUT2D eigenvalue weighted by atomic mass is 10.2. The number of benzene rings is 1. The Bertz CT molecular complexity index is 669. The maximum absolute atomic E-state index is 5.78. The molecule has 6 heteroatoms. The SMILES string of the molecule is CCc1c(N)nnn1-c1ccc2ncsc2c1. The molecule has 2 aromatic heterocycles. The number of rotatable bonds is 2. The molecule has 2 heterocycles.